The third-order valence-corrected chi connectivity index (χ3v) is 6.87. The highest BCUT2D eigenvalue weighted by Crippen LogP contribution is 2.32. The molecular formula is C17H14Cl3N3O4S. The smallest absolute Gasteiger partial charge is 0.255 e. The van der Waals surface area contributed by atoms with Gasteiger partial charge in [-0.05, 0) is 30.3 Å². The first-order valence-corrected chi connectivity index (χ1v) is 10.6. The van der Waals surface area contributed by atoms with Crippen molar-refractivity contribution in [2.75, 3.05) is 25.0 Å². The van der Waals surface area contributed by atoms with Gasteiger partial charge in [-0.15, -0.1) is 0 Å². The number of carbonyl (C=O) groups excluding carboxylic acids is 2. The number of nitrogens with one attached hydrogen (secondary N) is 2. The predicted octanol–water partition coefficient (Wildman–Crippen LogP) is 3.02. The lowest BCUT2D eigenvalue weighted by Gasteiger charge is -2.26. The molecule has 148 valence electrons. The molecule has 2 N–H and O–H groups in total. The lowest BCUT2D eigenvalue weighted by molar-refractivity contribution is -0.122. The molecular weight excluding hydrogens is 449 g/mol. The number of rotatable bonds is 4. The Hall–Kier alpha value is -1.84. The Morgan fingerprint density at radius 2 is 1.79 bits per heavy atom. The average Bonchev–Trinajstić information content (AvgIpc) is 2.66. The molecule has 1 saturated heterocycles. The van der Waals surface area contributed by atoms with E-state index in [0.29, 0.717) is 0 Å². The molecule has 2 aromatic rings. The fraction of sp³-hybridized carbons (Fsp3) is 0.176. The minimum Gasteiger partial charge on any atom is -0.354 e. The van der Waals surface area contributed by atoms with Crippen LogP contribution < -0.4 is 10.6 Å². The lowest BCUT2D eigenvalue weighted by Crippen LogP contribution is -2.49. The molecule has 1 heterocycles. The number of benzene rings is 2. The van der Waals surface area contributed by atoms with E-state index in [4.69, 9.17) is 34.8 Å². The van der Waals surface area contributed by atoms with Crippen molar-refractivity contribution in [3.8, 4) is 0 Å². The zero-order valence-corrected chi connectivity index (χ0v) is 17.3. The summed E-state index contributed by atoms with van der Waals surface area (Å²) in [6.45, 7) is 0.120. The van der Waals surface area contributed by atoms with Crippen molar-refractivity contribution >= 4 is 62.3 Å². The van der Waals surface area contributed by atoms with Gasteiger partial charge in [-0.2, -0.15) is 4.31 Å². The maximum absolute atomic E-state index is 12.8. The standard InChI is InChI=1S/C17H14Cl3N3O4S/c18-12-7-14(20)15(8-13(12)19)22-17(25)10-2-1-3-11(6-10)28(26,27)23-5-4-21-16(24)9-23/h1-3,6-8H,4-5,9H2,(H,21,24)(H,22,25). The molecule has 0 atom stereocenters. The van der Waals surface area contributed by atoms with Gasteiger partial charge < -0.3 is 10.6 Å². The lowest BCUT2D eigenvalue weighted by atomic mass is 10.2. The van der Waals surface area contributed by atoms with Gasteiger partial charge in [-0.25, -0.2) is 8.42 Å². The number of carbonyl (C=O) groups is 2. The number of piperazine rings is 1. The number of hydrogen-bond acceptors (Lipinski definition) is 4. The summed E-state index contributed by atoms with van der Waals surface area (Å²) in [7, 11) is -3.92. The zero-order valence-electron chi connectivity index (χ0n) is 14.2. The van der Waals surface area contributed by atoms with Crippen LogP contribution in [-0.2, 0) is 14.8 Å². The first-order chi connectivity index (χ1) is 13.2. The van der Waals surface area contributed by atoms with Crippen molar-refractivity contribution in [3.63, 3.8) is 0 Å². The van der Waals surface area contributed by atoms with Gasteiger partial charge in [0.05, 0.1) is 32.2 Å². The number of anilines is 1. The van der Waals surface area contributed by atoms with E-state index in [1.54, 1.807) is 0 Å². The monoisotopic (exact) mass is 461 g/mol. The van der Waals surface area contributed by atoms with E-state index in [0.717, 1.165) is 4.31 Å². The van der Waals surface area contributed by atoms with Crippen molar-refractivity contribution in [1.82, 2.24) is 9.62 Å². The number of sulfonamides is 1. The fourth-order valence-corrected chi connectivity index (χ4v) is 4.62. The quantitative estimate of drug-likeness (QED) is 0.683. The van der Waals surface area contributed by atoms with Crippen molar-refractivity contribution in [1.29, 1.82) is 0 Å². The Bertz CT molecular complexity index is 1060. The molecule has 0 bridgehead atoms. The van der Waals surface area contributed by atoms with Gasteiger partial charge in [0, 0.05) is 18.7 Å². The van der Waals surface area contributed by atoms with Gasteiger partial charge >= 0.3 is 0 Å². The van der Waals surface area contributed by atoms with Crippen LogP contribution >= 0.6 is 34.8 Å². The summed E-state index contributed by atoms with van der Waals surface area (Å²) in [4.78, 5) is 24.0. The van der Waals surface area contributed by atoms with Crippen molar-refractivity contribution < 1.29 is 18.0 Å². The summed E-state index contributed by atoms with van der Waals surface area (Å²) >= 11 is 17.9. The third-order valence-electron chi connectivity index (χ3n) is 4.00. The molecule has 0 spiro atoms. The molecule has 3 rings (SSSR count). The Morgan fingerprint density at radius 1 is 1.07 bits per heavy atom. The maximum atomic E-state index is 12.8. The second kappa shape index (κ2) is 8.26. The highest BCUT2D eigenvalue weighted by atomic mass is 35.5. The zero-order chi connectivity index (χ0) is 20.5. The number of hydrogen-bond donors (Lipinski definition) is 2. The number of amides is 2. The molecule has 1 aliphatic heterocycles. The van der Waals surface area contributed by atoms with Gasteiger partial charge in [0.2, 0.25) is 15.9 Å². The van der Waals surface area contributed by atoms with Crippen molar-refractivity contribution in [2.24, 2.45) is 0 Å². The minimum absolute atomic E-state index is 0.0879. The number of nitrogens with zero attached hydrogens (tertiary/aromatic N) is 1. The van der Waals surface area contributed by atoms with E-state index in [9.17, 15) is 18.0 Å². The number of halogens is 3. The summed E-state index contributed by atoms with van der Waals surface area (Å²) < 4.78 is 26.6. The van der Waals surface area contributed by atoms with Crippen LogP contribution in [0.4, 0.5) is 5.69 Å². The van der Waals surface area contributed by atoms with E-state index < -0.39 is 15.9 Å². The molecule has 0 aromatic heterocycles. The molecule has 28 heavy (non-hydrogen) atoms. The summed E-state index contributed by atoms with van der Waals surface area (Å²) in [5, 5.41) is 5.77. The molecule has 1 fully saturated rings. The molecule has 0 radical (unpaired) electrons. The normalized spacial score (nSPS) is 15.2. The first-order valence-electron chi connectivity index (χ1n) is 8.01. The SMILES string of the molecule is O=C1CN(S(=O)(=O)c2cccc(C(=O)Nc3cc(Cl)c(Cl)cc3Cl)c2)CCN1. The van der Waals surface area contributed by atoms with E-state index >= 15 is 0 Å². The van der Waals surface area contributed by atoms with Crippen LogP contribution in [-0.4, -0.2) is 44.2 Å². The van der Waals surface area contributed by atoms with E-state index in [-0.39, 0.29) is 56.8 Å². The highest BCUT2D eigenvalue weighted by Gasteiger charge is 2.29. The second-order valence-corrected chi connectivity index (χ2v) is 9.08. The van der Waals surface area contributed by atoms with Gasteiger partial charge in [-0.1, -0.05) is 40.9 Å². The molecule has 2 aromatic carbocycles. The Kier molecular flexibility index (Phi) is 6.16. The predicted molar refractivity (Wildman–Crippen MR) is 108 cm³/mol. The summed E-state index contributed by atoms with van der Waals surface area (Å²) in [6, 6.07) is 8.30. The topological polar surface area (TPSA) is 95.6 Å². The molecule has 1 aliphatic rings. The van der Waals surface area contributed by atoms with Crippen molar-refractivity contribution in [3.05, 3.63) is 57.0 Å². The van der Waals surface area contributed by atoms with Gasteiger partial charge in [0.1, 0.15) is 0 Å². The minimum atomic E-state index is -3.92. The summed E-state index contributed by atoms with van der Waals surface area (Å²) in [5.74, 6) is -0.952. The van der Waals surface area contributed by atoms with Crippen molar-refractivity contribution in [2.45, 2.75) is 4.90 Å². The van der Waals surface area contributed by atoms with Crippen LogP contribution in [0.5, 0.6) is 0 Å². The third kappa shape index (κ3) is 4.42. The summed E-state index contributed by atoms with van der Waals surface area (Å²) in [6.07, 6.45) is 0. The molecule has 0 aliphatic carbocycles. The van der Waals surface area contributed by atoms with E-state index in [2.05, 4.69) is 10.6 Å². The van der Waals surface area contributed by atoms with E-state index in [1.165, 1.54) is 36.4 Å². The van der Waals surface area contributed by atoms with Gasteiger partial charge in [0.25, 0.3) is 5.91 Å². The average molecular weight is 463 g/mol. The Morgan fingerprint density at radius 3 is 2.50 bits per heavy atom. The highest BCUT2D eigenvalue weighted by molar-refractivity contribution is 7.89. The molecule has 0 unspecified atom stereocenters. The second-order valence-electron chi connectivity index (χ2n) is 5.92. The van der Waals surface area contributed by atoms with Crippen LogP contribution in [0.3, 0.4) is 0 Å². The largest absolute Gasteiger partial charge is 0.354 e. The van der Waals surface area contributed by atoms with Crippen LogP contribution in [0.25, 0.3) is 0 Å². The van der Waals surface area contributed by atoms with E-state index in [1.807, 2.05) is 0 Å². The van der Waals surface area contributed by atoms with Crippen LogP contribution in [0, 0.1) is 0 Å². The summed E-state index contributed by atoms with van der Waals surface area (Å²) in [5.41, 5.74) is 0.340. The maximum Gasteiger partial charge on any atom is 0.255 e. The molecule has 11 heteroatoms. The Balaban J connectivity index is 1.86. The fourth-order valence-electron chi connectivity index (χ4n) is 2.58. The Labute approximate surface area is 176 Å². The van der Waals surface area contributed by atoms with Crippen LogP contribution in [0.2, 0.25) is 15.1 Å². The van der Waals surface area contributed by atoms with Crippen LogP contribution in [0.15, 0.2) is 41.3 Å². The van der Waals surface area contributed by atoms with Gasteiger partial charge in [0.15, 0.2) is 0 Å². The van der Waals surface area contributed by atoms with Crippen LogP contribution in [0.1, 0.15) is 10.4 Å². The van der Waals surface area contributed by atoms with Gasteiger partial charge in [-0.3, -0.25) is 9.59 Å². The molecule has 0 saturated carbocycles. The molecule has 7 nitrogen and oxygen atoms in total. The molecule has 2 amide bonds. The first kappa shape index (κ1) is 20.9.